The van der Waals surface area contributed by atoms with Crippen molar-refractivity contribution in [1.29, 1.82) is 0 Å². The summed E-state index contributed by atoms with van der Waals surface area (Å²) in [5, 5.41) is 16.2. The van der Waals surface area contributed by atoms with Gasteiger partial charge in [0.15, 0.2) is 5.82 Å². The molecule has 0 radical (unpaired) electrons. The van der Waals surface area contributed by atoms with Crippen LogP contribution in [0.3, 0.4) is 0 Å². The largest absolute Gasteiger partial charge is 0.444 e. The average Bonchev–Trinajstić information content (AvgIpc) is 3.56. The number of amides is 2. The standard InChI is InChI=1S/C34H39N7O3/c1-33(2,3)44-32(43)38-34(4,5)31(42)37-28(20-24-21-36-27-17-10-9-16-26(24)27)30-40-39-29(19-23-13-7-6-8-14-23)41(30)22-25-15-11-12-18-35-25/h6-18,21,28,36H,19-20,22H2,1-5H3,(H,37,42)(H,38,43)/t28-/m1/s1. The quantitative estimate of drug-likeness (QED) is 0.196. The van der Waals surface area contributed by atoms with Crippen molar-refractivity contribution in [3.63, 3.8) is 0 Å². The number of nitrogens with zero attached hydrogens (tertiary/aromatic N) is 4. The SMILES string of the molecule is CC(C)(C)OC(=O)NC(C)(C)C(=O)N[C@H](Cc1c[nH]c2ccccc12)c1nnc(Cc2ccccc2)n1Cc1ccccn1. The molecule has 0 bridgehead atoms. The maximum atomic E-state index is 13.9. The van der Waals surface area contributed by atoms with Crippen LogP contribution in [0.5, 0.6) is 0 Å². The topological polar surface area (TPSA) is 127 Å². The number of H-pyrrole nitrogens is 1. The van der Waals surface area contributed by atoms with Crippen molar-refractivity contribution in [3.05, 3.63) is 114 Å². The van der Waals surface area contributed by atoms with Gasteiger partial charge in [-0.05, 0) is 63.9 Å². The van der Waals surface area contributed by atoms with Gasteiger partial charge < -0.3 is 24.9 Å². The first-order valence-electron chi connectivity index (χ1n) is 14.7. The van der Waals surface area contributed by atoms with E-state index < -0.39 is 23.3 Å². The molecule has 10 nitrogen and oxygen atoms in total. The lowest BCUT2D eigenvalue weighted by Gasteiger charge is -2.29. The van der Waals surface area contributed by atoms with E-state index in [-0.39, 0.29) is 5.91 Å². The Morgan fingerprint density at radius 1 is 0.932 bits per heavy atom. The van der Waals surface area contributed by atoms with Gasteiger partial charge in [-0.15, -0.1) is 10.2 Å². The molecule has 10 heteroatoms. The first-order chi connectivity index (χ1) is 21.0. The average molecular weight is 594 g/mol. The normalized spacial score (nSPS) is 12.6. The van der Waals surface area contributed by atoms with Crippen LogP contribution in [-0.2, 0) is 28.9 Å². The predicted octanol–water partition coefficient (Wildman–Crippen LogP) is 5.50. The second kappa shape index (κ2) is 12.7. The fraction of sp³-hybridized carbons (Fsp3) is 0.324. The second-order valence-corrected chi connectivity index (χ2v) is 12.4. The minimum Gasteiger partial charge on any atom is -0.444 e. The number of aromatic nitrogens is 5. The number of carbonyl (C=O) groups is 2. The van der Waals surface area contributed by atoms with Gasteiger partial charge in [0.25, 0.3) is 0 Å². The van der Waals surface area contributed by atoms with Crippen LogP contribution in [0.15, 0.2) is 85.2 Å². The third kappa shape index (κ3) is 7.50. The van der Waals surface area contributed by atoms with E-state index >= 15 is 0 Å². The Morgan fingerprint density at radius 3 is 2.39 bits per heavy atom. The van der Waals surface area contributed by atoms with Crippen LogP contribution in [0.4, 0.5) is 4.79 Å². The molecule has 0 aliphatic rings. The van der Waals surface area contributed by atoms with Crippen LogP contribution < -0.4 is 10.6 Å². The third-order valence-electron chi connectivity index (χ3n) is 7.20. The summed E-state index contributed by atoms with van der Waals surface area (Å²) in [5.74, 6) is 0.958. The Morgan fingerprint density at radius 2 is 1.66 bits per heavy atom. The summed E-state index contributed by atoms with van der Waals surface area (Å²) in [5.41, 5.74) is 1.96. The molecular formula is C34H39N7O3. The van der Waals surface area contributed by atoms with Gasteiger partial charge in [-0.2, -0.15) is 0 Å². The van der Waals surface area contributed by atoms with E-state index in [1.54, 1.807) is 40.8 Å². The van der Waals surface area contributed by atoms with Crippen molar-refractivity contribution in [1.82, 2.24) is 35.4 Å². The van der Waals surface area contributed by atoms with Crippen molar-refractivity contribution >= 4 is 22.9 Å². The third-order valence-corrected chi connectivity index (χ3v) is 7.20. The van der Waals surface area contributed by atoms with Crippen LogP contribution in [0.1, 0.15) is 69.1 Å². The summed E-state index contributed by atoms with van der Waals surface area (Å²) in [6.07, 6.45) is 4.03. The number of nitrogens with one attached hydrogen (secondary N) is 3. The lowest BCUT2D eigenvalue weighted by atomic mass is 10.0. The molecule has 1 atom stereocenters. The molecule has 0 saturated carbocycles. The number of benzene rings is 2. The number of hydrogen-bond donors (Lipinski definition) is 3. The molecule has 5 rings (SSSR count). The van der Waals surface area contributed by atoms with E-state index in [1.807, 2.05) is 71.4 Å². The molecule has 3 aromatic heterocycles. The summed E-state index contributed by atoms with van der Waals surface area (Å²) in [7, 11) is 0. The Bertz CT molecular complexity index is 1720. The Labute approximate surface area is 257 Å². The van der Waals surface area contributed by atoms with Gasteiger partial charge in [-0.3, -0.25) is 9.78 Å². The van der Waals surface area contributed by atoms with Gasteiger partial charge in [0.2, 0.25) is 5.91 Å². The maximum absolute atomic E-state index is 13.9. The molecule has 0 unspecified atom stereocenters. The number of carbonyl (C=O) groups excluding carboxylic acids is 2. The zero-order valence-corrected chi connectivity index (χ0v) is 25.8. The number of pyridine rings is 1. The summed E-state index contributed by atoms with van der Waals surface area (Å²) in [4.78, 5) is 34.4. The first kappa shape index (κ1) is 30.5. The predicted molar refractivity (Wildman–Crippen MR) is 169 cm³/mol. The monoisotopic (exact) mass is 593 g/mol. The van der Waals surface area contributed by atoms with E-state index in [0.717, 1.165) is 33.5 Å². The molecule has 0 aliphatic heterocycles. The number of alkyl carbamates (subject to hydrolysis) is 1. The molecule has 228 valence electrons. The van der Waals surface area contributed by atoms with Crippen LogP contribution in [-0.4, -0.2) is 47.9 Å². The zero-order chi connectivity index (χ0) is 31.3. The Balaban J connectivity index is 1.52. The number of aromatic amines is 1. The van der Waals surface area contributed by atoms with Crippen LogP contribution in [0, 0.1) is 0 Å². The lowest BCUT2D eigenvalue weighted by Crippen LogP contribution is -2.56. The lowest BCUT2D eigenvalue weighted by molar-refractivity contribution is -0.127. The Hall–Kier alpha value is -4.99. The van der Waals surface area contributed by atoms with E-state index in [4.69, 9.17) is 4.74 Å². The van der Waals surface area contributed by atoms with E-state index in [1.165, 1.54) is 0 Å². The summed E-state index contributed by atoms with van der Waals surface area (Å²) in [6, 6.07) is 23.3. The van der Waals surface area contributed by atoms with Crippen molar-refractivity contribution in [2.75, 3.05) is 0 Å². The minimum atomic E-state index is -1.28. The molecular weight excluding hydrogens is 554 g/mol. The maximum Gasteiger partial charge on any atom is 0.408 e. The number of para-hydroxylation sites is 1. The van der Waals surface area contributed by atoms with Crippen molar-refractivity contribution in [2.24, 2.45) is 0 Å². The molecule has 0 aliphatic carbocycles. The molecule has 44 heavy (non-hydrogen) atoms. The van der Waals surface area contributed by atoms with E-state index in [2.05, 4.69) is 42.9 Å². The van der Waals surface area contributed by atoms with E-state index in [9.17, 15) is 9.59 Å². The molecule has 0 saturated heterocycles. The fourth-order valence-electron chi connectivity index (χ4n) is 5.02. The number of hydrogen-bond acceptors (Lipinski definition) is 6. The van der Waals surface area contributed by atoms with Crippen molar-refractivity contribution < 1.29 is 14.3 Å². The molecule has 0 fully saturated rings. The highest BCUT2D eigenvalue weighted by Gasteiger charge is 2.35. The van der Waals surface area contributed by atoms with Gasteiger partial charge in [0.1, 0.15) is 17.0 Å². The van der Waals surface area contributed by atoms with Gasteiger partial charge in [-0.1, -0.05) is 54.6 Å². The van der Waals surface area contributed by atoms with Gasteiger partial charge in [-0.25, -0.2) is 4.79 Å². The van der Waals surface area contributed by atoms with Gasteiger partial charge >= 0.3 is 6.09 Å². The molecule has 5 aromatic rings. The molecule has 3 heterocycles. The highest BCUT2D eigenvalue weighted by molar-refractivity contribution is 5.89. The molecule has 3 N–H and O–H groups in total. The highest BCUT2D eigenvalue weighted by atomic mass is 16.6. The van der Waals surface area contributed by atoms with Crippen LogP contribution in [0.25, 0.3) is 10.9 Å². The molecule has 2 aromatic carbocycles. The van der Waals surface area contributed by atoms with Crippen LogP contribution >= 0.6 is 0 Å². The minimum absolute atomic E-state index is 0.384. The van der Waals surface area contributed by atoms with Gasteiger partial charge in [0.05, 0.1) is 18.3 Å². The first-order valence-corrected chi connectivity index (χ1v) is 14.7. The van der Waals surface area contributed by atoms with Crippen LogP contribution in [0.2, 0.25) is 0 Å². The zero-order valence-electron chi connectivity index (χ0n) is 25.8. The molecule has 0 spiro atoms. The number of ether oxygens (including phenoxy) is 1. The number of fused-ring (bicyclic) bond motifs is 1. The summed E-state index contributed by atoms with van der Waals surface area (Å²) < 4.78 is 7.46. The second-order valence-electron chi connectivity index (χ2n) is 12.4. The van der Waals surface area contributed by atoms with Crippen molar-refractivity contribution in [3.8, 4) is 0 Å². The summed E-state index contributed by atoms with van der Waals surface area (Å²) >= 11 is 0. The summed E-state index contributed by atoms with van der Waals surface area (Å²) in [6.45, 7) is 9.04. The smallest absolute Gasteiger partial charge is 0.408 e. The fourth-order valence-corrected chi connectivity index (χ4v) is 5.02. The highest BCUT2D eigenvalue weighted by Crippen LogP contribution is 2.26. The Kier molecular flexibility index (Phi) is 8.80. The van der Waals surface area contributed by atoms with E-state index in [0.29, 0.717) is 25.2 Å². The van der Waals surface area contributed by atoms with Crippen molar-refractivity contribution in [2.45, 2.75) is 71.2 Å². The number of rotatable bonds is 10. The molecule has 2 amide bonds. The van der Waals surface area contributed by atoms with Gasteiger partial charge in [0, 0.05) is 36.1 Å².